The lowest BCUT2D eigenvalue weighted by atomic mass is 9.83. The normalized spacial score (nSPS) is 54.3. The third kappa shape index (κ3) is 1.07. The van der Waals surface area contributed by atoms with E-state index in [2.05, 4.69) is 15.9 Å². The predicted octanol–water partition coefficient (Wildman–Crippen LogP) is 2.22. The van der Waals surface area contributed by atoms with E-state index >= 15 is 0 Å². The van der Waals surface area contributed by atoms with E-state index in [-0.39, 0.29) is 11.4 Å². The molecule has 0 aliphatic carbocycles. The number of halogens is 1. The molecule has 2 aliphatic heterocycles. The molecule has 3 atom stereocenters. The maximum absolute atomic E-state index is 11.8. The summed E-state index contributed by atoms with van der Waals surface area (Å²) in [5.41, 5.74) is -0.865. The lowest BCUT2D eigenvalue weighted by Crippen LogP contribution is -2.57. The SMILES string of the molecule is C[C@@]12C=C[C@@](C)(O1)[C@@](C)(Br)C(=O)C2. The van der Waals surface area contributed by atoms with Gasteiger partial charge in [-0.3, -0.25) is 4.79 Å². The van der Waals surface area contributed by atoms with Crippen LogP contribution in [0.3, 0.4) is 0 Å². The molecule has 0 radical (unpaired) electrons. The predicted molar refractivity (Wildman–Crippen MR) is 54.0 cm³/mol. The van der Waals surface area contributed by atoms with Gasteiger partial charge in [0.1, 0.15) is 9.93 Å². The average Bonchev–Trinajstić information content (AvgIpc) is 2.25. The fraction of sp³-hybridized carbons (Fsp3) is 0.700. The van der Waals surface area contributed by atoms with Crippen LogP contribution in [0.1, 0.15) is 27.2 Å². The first-order valence-corrected chi connectivity index (χ1v) is 5.21. The third-order valence-electron chi connectivity index (χ3n) is 3.17. The van der Waals surface area contributed by atoms with Crippen LogP contribution >= 0.6 is 15.9 Å². The molecule has 1 fully saturated rings. The van der Waals surface area contributed by atoms with Crippen LogP contribution in [-0.4, -0.2) is 21.3 Å². The van der Waals surface area contributed by atoms with E-state index in [0.717, 1.165) is 0 Å². The number of alkyl halides is 1. The number of hydrogen-bond donors (Lipinski definition) is 0. The van der Waals surface area contributed by atoms with Gasteiger partial charge in [-0.05, 0) is 20.8 Å². The van der Waals surface area contributed by atoms with E-state index in [1.807, 2.05) is 32.9 Å². The van der Waals surface area contributed by atoms with Crippen molar-refractivity contribution in [3.63, 3.8) is 0 Å². The number of hydrogen-bond acceptors (Lipinski definition) is 2. The molecule has 2 nitrogen and oxygen atoms in total. The number of fused-ring (bicyclic) bond motifs is 2. The van der Waals surface area contributed by atoms with Crippen molar-refractivity contribution in [1.82, 2.24) is 0 Å². The van der Waals surface area contributed by atoms with E-state index in [9.17, 15) is 4.79 Å². The van der Waals surface area contributed by atoms with Gasteiger partial charge in [0.25, 0.3) is 0 Å². The highest BCUT2D eigenvalue weighted by Crippen LogP contribution is 2.50. The minimum absolute atomic E-state index is 0.216. The van der Waals surface area contributed by atoms with Gasteiger partial charge < -0.3 is 4.74 Å². The number of ether oxygens (including phenoxy) is 1. The zero-order chi connectivity index (χ0) is 9.91. The highest BCUT2D eigenvalue weighted by atomic mass is 79.9. The molecular formula is C10H13BrO2. The molecule has 0 aromatic heterocycles. The molecule has 72 valence electrons. The summed E-state index contributed by atoms with van der Waals surface area (Å²) in [6.07, 6.45) is 4.45. The monoisotopic (exact) mass is 244 g/mol. The van der Waals surface area contributed by atoms with E-state index in [0.29, 0.717) is 6.42 Å². The first-order valence-electron chi connectivity index (χ1n) is 4.42. The van der Waals surface area contributed by atoms with Gasteiger partial charge >= 0.3 is 0 Å². The van der Waals surface area contributed by atoms with Crippen molar-refractivity contribution in [3.05, 3.63) is 12.2 Å². The maximum Gasteiger partial charge on any atom is 0.155 e. The molecule has 0 N–H and O–H groups in total. The Morgan fingerprint density at radius 1 is 1.38 bits per heavy atom. The van der Waals surface area contributed by atoms with Gasteiger partial charge in [0.15, 0.2) is 5.78 Å². The molecule has 1 saturated heterocycles. The Balaban J connectivity index is 2.49. The van der Waals surface area contributed by atoms with Gasteiger partial charge in [-0.25, -0.2) is 0 Å². The second-order valence-corrected chi connectivity index (χ2v) is 6.04. The van der Waals surface area contributed by atoms with Crippen molar-refractivity contribution >= 4 is 21.7 Å². The smallest absolute Gasteiger partial charge is 0.155 e. The minimum Gasteiger partial charge on any atom is -0.359 e. The molecule has 2 heterocycles. The van der Waals surface area contributed by atoms with Crippen LogP contribution in [0.15, 0.2) is 12.2 Å². The van der Waals surface area contributed by atoms with E-state index in [1.165, 1.54) is 0 Å². The number of ketones is 1. The van der Waals surface area contributed by atoms with Crippen LogP contribution in [0, 0.1) is 0 Å². The van der Waals surface area contributed by atoms with Crippen molar-refractivity contribution in [2.24, 2.45) is 0 Å². The summed E-state index contributed by atoms with van der Waals surface area (Å²) >= 11 is 3.47. The summed E-state index contributed by atoms with van der Waals surface area (Å²) < 4.78 is 5.30. The Bertz CT molecular complexity index is 308. The summed E-state index contributed by atoms with van der Waals surface area (Å²) in [5.74, 6) is 0.216. The molecule has 2 bridgehead atoms. The van der Waals surface area contributed by atoms with Crippen LogP contribution in [0.5, 0.6) is 0 Å². The quantitative estimate of drug-likeness (QED) is 0.483. The van der Waals surface area contributed by atoms with Crippen molar-refractivity contribution in [2.45, 2.75) is 42.7 Å². The topological polar surface area (TPSA) is 26.3 Å². The number of carbonyl (C=O) groups excluding carboxylic acids is 1. The van der Waals surface area contributed by atoms with E-state index in [4.69, 9.17) is 4.74 Å². The Labute approximate surface area is 86.5 Å². The fourth-order valence-corrected chi connectivity index (χ4v) is 2.35. The largest absolute Gasteiger partial charge is 0.359 e. The zero-order valence-corrected chi connectivity index (χ0v) is 9.64. The number of rotatable bonds is 0. The van der Waals surface area contributed by atoms with E-state index < -0.39 is 9.93 Å². The summed E-state index contributed by atoms with van der Waals surface area (Å²) in [4.78, 5) is 11.8. The fourth-order valence-electron chi connectivity index (χ4n) is 2.00. The number of Topliss-reactive ketones (excluding diaryl/α,β-unsaturated/α-hetero) is 1. The molecule has 0 amide bonds. The minimum atomic E-state index is -0.577. The van der Waals surface area contributed by atoms with Gasteiger partial charge in [-0.1, -0.05) is 28.1 Å². The summed E-state index contributed by atoms with van der Waals surface area (Å²) in [6, 6.07) is 0. The molecule has 0 saturated carbocycles. The lowest BCUT2D eigenvalue weighted by Gasteiger charge is -2.45. The second-order valence-electron chi connectivity index (χ2n) is 4.46. The second kappa shape index (κ2) is 2.26. The first kappa shape index (κ1) is 9.41. The van der Waals surface area contributed by atoms with Crippen molar-refractivity contribution in [1.29, 1.82) is 0 Å². The van der Waals surface area contributed by atoms with Gasteiger partial charge in [0.05, 0.1) is 5.60 Å². The molecule has 3 heteroatoms. The standard InChI is InChI=1S/C10H13BrO2/c1-8-4-5-9(2,13-8)10(3,11)7(12)6-8/h4-5H,6H2,1-3H3/t8-,9+,10-/m0/s1. The molecule has 0 aromatic carbocycles. The van der Waals surface area contributed by atoms with Crippen molar-refractivity contribution in [3.8, 4) is 0 Å². The molecule has 13 heavy (non-hydrogen) atoms. The summed E-state index contributed by atoms with van der Waals surface area (Å²) in [7, 11) is 0. The Morgan fingerprint density at radius 3 is 2.62 bits per heavy atom. The van der Waals surface area contributed by atoms with E-state index in [1.54, 1.807) is 0 Å². The zero-order valence-electron chi connectivity index (χ0n) is 8.06. The van der Waals surface area contributed by atoms with Crippen LogP contribution in [0.25, 0.3) is 0 Å². The average molecular weight is 245 g/mol. The van der Waals surface area contributed by atoms with Crippen LogP contribution in [-0.2, 0) is 9.53 Å². The molecule has 2 rings (SSSR count). The van der Waals surface area contributed by atoms with Gasteiger partial charge in [-0.2, -0.15) is 0 Å². The van der Waals surface area contributed by atoms with Crippen molar-refractivity contribution in [2.75, 3.05) is 0 Å². The van der Waals surface area contributed by atoms with Gasteiger partial charge in [0, 0.05) is 6.42 Å². The Kier molecular flexibility index (Phi) is 1.63. The highest BCUT2D eigenvalue weighted by Gasteiger charge is 2.58. The van der Waals surface area contributed by atoms with Crippen LogP contribution < -0.4 is 0 Å². The lowest BCUT2D eigenvalue weighted by molar-refractivity contribution is -0.154. The first-order chi connectivity index (χ1) is 5.79. The highest BCUT2D eigenvalue weighted by molar-refractivity contribution is 9.10. The van der Waals surface area contributed by atoms with Gasteiger partial charge in [-0.15, -0.1) is 0 Å². The molecule has 0 spiro atoms. The summed E-state index contributed by atoms with van der Waals surface area (Å²) in [5, 5.41) is 0. The molecular weight excluding hydrogens is 232 g/mol. The van der Waals surface area contributed by atoms with Crippen LogP contribution in [0.4, 0.5) is 0 Å². The Hall–Kier alpha value is -0.150. The van der Waals surface area contributed by atoms with Crippen LogP contribution in [0.2, 0.25) is 0 Å². The molecule has 0 aromatic rings. The third-order valence-corrected chi connectivity index (χ3v) is 4.40. The Morgan fingerprint density at radius 2 is 2.00 bits per heavy atom. The molecule has 0 unspecified atom stereocenters. The van der Waals surface area contributed by atoms with Gasteiger partial charge in [0.2, 0.25) is 0 Å². The molecule has 2 aliphatic rings. The maximum atomic E-state index is 11.8. The number of carbonyl (C=O) groups is 1. The summed E-state index contributed by atoms with van der Waals surface area (Å²) in [6.45, 7) is 5.78. The van der Waals surface area contributed by atoms with Crippen molar-refractivity contribution < 1.29 is 9.53 Å².